The lowest BCUT2D eigenvalue weighted by Gasteiger charge is -2.32. The number of urea groups is 1. The lowest BCUT2D eigenvalue weighted by atomic mass is 9.93. The summed E-state index contributed by atoms with van der Waals surface area (Å²) in [4.78, 5) is 13.8. The summed E-state index contributed by atoms with van der Waals surface area (Å²) in [5.41, 5.74) is 0. The van der Waals surface area contributed by atoms with Gasteiger partial charge in [0.05, 0.1) is 12.1 Å². The number of piperidine rings is 1. The number of nitrogens with zero attached hydrogens (tertiary/aromatic N) is 1. The molecule has 2 fully saturated rings. The highest BCUT2D eigenvalue weighted by molar-refractivity contribution is 5.74. The summed E-state index contributed by atoms with van der Waals surface area (Å²) in [6, 6.07) is -0.00572. The number of carbonyl (C=O) groups excluding carboxylic acids is 1. The standard InChI is InChI=1S/C12H22N2O2/c15-11-7-3-2-6-10(11)13-12(16)14-8-4-1-5-9-14/h10-11,15H,1-9H2,(H,13,16)/t10-,11-/m0/s1. The van der Waals surface area contributed by atoms with Gasteiger partial charge >= 0.3 is 6.03 Å². The van der Waals surface area contributed by atoms with Gasteiger partial charge in [0.1, 0.15) is 0 Å². The van der Waals surface area contributed by atoms with Gasteiger partial charge in [0.25, 0.3) is 0 Å². The Morgan fingerprint density at radius 1 is 1.06 bits per heavy atom. The van der Waals surface area contributed by atoms with Crippen LogP contribution in [-0.2, 0) is 0 Å². The molecule has 0 bridgehead atoms. The van der Waals surface area contributed by atoms with Crippen LogP contribution >= 0.6 is 0 Å². The molecule has 0 aromatic heterocycles. The Morgan fingerprint density at radius 3 is 2.44 bits per heavy atom. The van der Waals surface area contributed by atoms with Crippen LogP contribution in [0.4, 0.5) is 4.79 Å². The fourth-order valence-corrected chi connectivity index (χ4v) is 2.63. The smallest absolute Gasteiger partial charge is 0.317 e. The predicted octanol–water partition coefficient (Wildman–Crippen LogP) is 1.49. The quantitative estimate of drug-likeness (QED) is 0.711. The van der Waals surface area contributed by atoms with E-state index >= 15 is 0 Å². The number of carbonyl (C=O) groups is 1. The molecule has 0 spiro atoms. The van der Waals surface area contributed by atoms with Crippen molar-refractivity contribution in [1.82, 2.24) is 10.2 Å². The van der Waals surface area contributed by atoms with Crippen molar-refractivity contribution in [3.8, 4) is 0 Å². The number of likely N-dealkylation sites (tertiary alicyclic amines) is 1. The first-order chi connectivity index (χ1) is 7.77. The normalized spacial score (nSPS) is 31.2. The van der Waals surface area contributed by atoms with Crippen LogP contribution < -0.4 is 5.32 Å². The van der Waals surface area contributed by atoms with Crippen molar-refractivity contribution >= 4 is 6.03 Å². The number of aliphatic hydroxyl groups is 1. The molecule has 2 N–H and O–H groups in total. The van der Waals surface area contributed by atoms with Crippen molar-refractivity contribution in [3.63, 3.8) is 0 Å². The zero-order valence-corrected chi connectivity index (χ0v) is 9.82. The molecule has 0 aromatic carbocycles. The first kappa shape index (κ1) is 11.7. The number of hydrogen-bond acceptors (Lipinski definition) is 2. The zero-order valence-electron chi connectivity index (χ0n) is 9.82. The second kappa shape index (κ2) is 5.53. The molecule has 16 heavy (non-hydrogen) atoms. The largest absolute Gasteiger partial charge is 0.391 e. The first-order valence-electron chi connectivity index (χ1n) is 6.51. The Labute approximate surface area is 97.0 Å². The molecule has 92 valence electrons. The van der Waals surface area contributed by atoms with E-state index in [-0.39, 0.29) is 18.2 Å². The summed E-state index contributed by atoms with van der Waals surface area (Å²) < 4.78 is 0. The third kappa shape index (κ3) is 2.88. The Kier molecular flexibility index (Phi) is 4.04. The second-order valence-electron chi connectivity index (χ2n) is 4.96. The van der Waals surface area contributed by atoms with Gasteiger partial charge in [0.15, 0.2) is 0 Å². The van der Waals surface area contributed by atoms with E-state index in [0.29, 0.717) is 0 Å². The van der Waals surface area contributed by atoms with Gasteiger partial charge in [-0.3, -0.25) is 0 Å². The summed E-state index contributed by atoms with van der Waals surface area (Å²) in [7, 11) is 0. The molecule has 1 heterocycles. The molecule has 0 radical (unpaired) electrons. The van der Waals surface area contributed by atoms with Gasteiger partial charge in [-0.2, -0.15) is 0 Å². The Hall–Kier alpha value is -0.770. The minimum Gasteiger partial charge on any atom is -0.391 e. The topological polar surface area (TPSA) is 52.6 Å². The van der Waals surface area contributed by atoms with E-state index in [1.807, 2.05) is 4.90 Å². The minimum absolute atomic E-state index is 0.0191. The molecule has 4 heteroatoms. The fourth-order valence-electron chi connectivity index (χ4n) is 2.63. The van der Waals surface area contributed by atoms with Crippen LogP contribution in [0.3, 0.4) is 0 Å². The second-order valence-corrected chi connectivity index (χ2v) is 4.96. The lowest BCUT2D eigenvalue weighted by molar-refractivity contribution is 0.0888. The molecule has 2 amide bonds. The number of aliphatic hydroxyl groups excluding tert-OH is 1. The third-order valence-corrected chi connectivity index (χ3v) is 3.68. The van der Waals surface area contributed by atoms with E-state index in [1.54, 1.807) is 0 Å². The maximum absolute atomic E-state index is 11.9. The fraction of sp³-hybridized carbons (Fsp3) is 0.917. The first-order valence-corrected chi connectivity index (χ1v) is 6.51. The van der Waals surface area contributed by atoms with Gasteiger partial charge in [-0.1, -0.05) is 12.8 Å². The lowest BCUT2D eigenvalue weighted by Crippen LogP contribution is -2.51. The van der Waals surface area contributed by atoms with Gasteiger partial charge in [0.2, 0.25) is 0 Å². The van der Waals surface area contributed by atoms with Crippen molar-refractivity contribution in [2.75, 3.05) is 13.1 Å². The molecule has 1 aliphatic carbocycles. The van der Waals surface area contributed by atoms with Crippen molar-refractivity contribution in [3.05, 3.63) is 0 Å². The molecule has 0 unspecified atom stereocenters. The van der Waals surface area contributed by atoms with E-state index in [1.165, 1.54) is 6.42 Å². The summed E-state index contributed by atoms with van der Waals surface area (Å²) in [5, 5.41) is 12.8. The van der Waals surface area contributed by atoms with E-state index < -0.39 is 0 Å². The van der Waals surface area contributed by atoms with Gasteiger partial charge in [0, 0.05) is 13.1 Å². The Bertz CT molecular complexity index is 239. The molecule has 1 saturated heterocycles. The summed E-state index contributed by atoms with van der Waals surface area (Å²) in [6.07, 6.45) is 7.05. The van der Waals surface area contributed by atoms with Gasteiger partial charge in [-0.15, -0.1) is 0 Å². The third-order valence-electron chi connectivity index (χ3n) is 3.68. The molecular formula is C12H22N2O2. The molecule has 4 nitrogen and oxygen atoms in total. The van der Waals surface area contributed by atoms with Crippen molar-refractivity contribution in [1.29, 1.82) is 0 Å². The molecular weight excluding hydrogens is 204 g/mol. The summed E-state index contributed by atoms with van der Waals surface area (Å²) in [5.74, 6) is 0. The average molecular weight is 226 g/mol. The summed E-state index contributed by atoms with van der Waals surface area (Å²) >= 11 is 0. The zero-order chi connectivity index (χ0) is 11.4. The van der Waals surface area contributed by atoms with Gasteiger partial charge in [-0.05, 0) is 32.1 Å². The van der Waals surface area contributed by atoms with Crippen LogP contribution in [-0.4, -0.2) is 41.3 Å². The average Bonchev–Trinajstić information content (AvgIpc) is 2.33. The van der Waals surface area contributed by atoms with E-state index in [2.05, 4.69) is 5.32 Å². The van der Waals surface area contributed by atoms with Crippen molar-refractivity contribution in [2.24, 2.45) is 0 Å². The van der Waals surface area contributed by atoms with Crippen LogP contribution in [0.2, 0.25) is 0 Å². The van der Waals surface area contributed by atoms with Crippen LogP contribution in [0.1, 0.15) is 44.9 Å². The van der Waals surface area contributed by atoms with Crippen LogP contribution in [0, 0.1) is 0 Å². The molecule has 1 saturated carbocycles. The summed E-state index contributed by atoms with van der Waals surface area (Å²) in [6.45, 7) is 1.74. The van der Waals surface area contributed by atoms with E-state index in [9.17, 15) is 9.90 Å². The highest BCUT2D eigenvalue weighted by atomic mass is 16.3. The molecule has 2 atom stereocenters. The number of amides is 2. The van der Waals surface area contributed by atoms with E-state index in [0.717, 1.165) is 51.6 Å². The minimum atomic E-state index is -0.345. The van der Waals surface area contributed by atoms with Gasteiger partial charge in [-0.25, -0.2) is 4.79 Å². The number of nitrogens with one attached hydrogen (secondary N) is 1. The molecule has 0 aromatic rings. The maximum Gasteiger partial charge on any atom is 0.317 e. The predicted molar refractivity (Wildman–Crippen MR) is 62.2 cm³/mol. The maximum atomic E-state index is 11.9. The SMILES string of the molecule is O=C(N[C@H]1CCCC[C@@H]1O)N1CCCCC1. The highest BCUT2D eigenvalue weighted by Gasteiger charge is 2.26. The molecule has 2 rings (SSSR count). The van der Waals surface area contributed by atoms with Gasteiger partial charge < -0.3 is 15.3 Å². The Morgan fingerprint density at radius 2 is 1.75 bits per heavy atom. The molecule has 2 aliphatic rings. The van der Waals surface area contributed by atoms with Crippen molar-refractivity contribution < 1.29 is 9.90 Å². The Balaban J connectivity index is 1.80. The van der Waals surface area contributed by atoms with Crippen LogP contribution in [0.25, 0.3) is 0 Å². The van der Waals surface area contributed by atoms with E-state index in [4.69, 9.17) is 0 Å². The monoisotopic (exact) mass is 226 g/mol. The van der Waals surface area contributed by atoms with Crippen molar-refractivity contribution in [2.45, 2.75) is 57.1 Å². The molecule has 1 aliphatic heterocycles. The van der Waals surface area contributed by atoms with Crippen LogP contribution in [0.15, 0.2) is 0 Å². The van der Waals surface area contributed by atoms with Crippen LogP contribution in [0.5, 0.6) is 0 Å². The number of rotatable bonds is 1. The highest BCUT2D eigenvalue weighted by Crippen LogP contribution is 2.19. The number of hydrogen-bond donors (Lipinski definition) is 2.